The van der Waals surface area contributed by atoms with Crippen LogP contribution in [0.4, 0.5) is 22.1 Å². The molecule has 0 unspecified atom stereocenters. The maximum absolute atomic E-state index is 12.0. The van der Waals surface area contributed by atoms with Crippen LogP contribution in [0, 0.1) is 10.1 Å². The van der Waals surface area contributed by atoms with Crippen molar-refractivity contribution in [1.82, 2.24) is 20.2 Å². The molecule has 0 amide bonds. The molecule has 2 N–H and O–H groups in total. The van der Waals surface area contributed by atoms with Crippen molar-refractivity contribution in [2.75, 3.05) is 5.32 Å². The number of hydrogen-bond donors (Lipinski definition) is 2. The largest absolute Gasteiger partial charge is 0.514 e. The van der Waals surface area contributed by atoms with Crippen LogP contribution in [0.3, 0.4) is 0 Å². The Kier molecular flexibility index (Phi) is 5.50. The maximum atomic E-state index is 12.0. The highest BCUT2D eigenvalue weighted by molar-refractivity contribution is 5.64. The Morgan fingerprint density at radius 3 is 2.77 bits per heavy atom. The number of nitro benzene ring substituents is 1. The number of nitrogens with zero attached hydrogens (tertiary/aromatic N) is 4. The predicted molar refractivity (Wildman–Crippen MR) is 104 cm³/mol. The van der Waals surface area contributed by atoms with E-state index in [4.69, 9.17) is 9.47 Å². The van der Waals surface area contributed by atoms with E-state index in [1.54, 1.807) is 18.6 Å². The molecule has 1 saturated carbocycles. The Hall–Kier alpha value is -4.02. The number of carbonyl (C=O) groups is 1. The Labute approximate surface area is 170 Å². The molecule has 0 saturated heterocycles. The first-order chi connectivity index (χ1) is 14.6. The van der Waals surface area contributed by atoms with Crippen LogP contribution in [-0.4, -0.2) is 37.3 Å². The molecule has 1 fully saturated rings. The van der Waals surface area contributed by atoms with Gasteiger partial charge in [-0.05, 0) is 31.4 Å². The average Bonchev–Trinajstić information content (AvgIpc) is 3.38. The first-order valence-electron chi connectivity index (χ1n) is 9.28. The minimum absolute atomic E-state index is 0.0814. The van der Waals surface area contributed by atoms with Crippen LogP contribution < -0.4 is 10.1 Å². The van der Waals surface area contributed by atoms with Gasteiger partial charge < -0.3 is 14.8 Å². The molecule has 11 nitrogen and oxygen atoms in total. The molecular weight excluding hydrogens is 392 g/mol. The summed E-state index contributed by atoms with van der Waals surface area (Å²) in [5, 5.41) is 21.0. The number of rotatable bonds is 6. The summed E-state index contributed by atoms with van der Waals surface area (Å²) in [6, 6.07) is 7.13. The van der Waals surface area contributed by atoms with Gasteiger partial charge in [0.25, 0.3) is 5.69 Å². The van der Waals surface area contributed by atoms with E-state index < -0.39 is 11.1 Å². The standard InChI is InChI=1S/C19H18N6O5/c26-19(29-14-5-2-13(3-6-14)25(27)28)30-15-4-1-12(9-15)16-10-17(24-23-16)22-18-11-20-7-8-21-18/h2-3,5-8,10-12,15H,1,4,9H2,(H2,21,22,23,24)/t12-,15+/m0/s1. The molecule has 30 heavy (non-hydrogen) atoms. The van der Waals surface area contributed by atoms with Crippen LogP contribution in [-0.2, 0) is 4.74 Å². The Bertz CT molecular complexity index is 1020. The molecule has 4 rings (SSSR count). The molecule has 1 aromatic carbocycles. The third-order valence-electron chi connectivity index (χ3n) is 4.75. The van der Waals surface area contributed by atoms with E-state index in [1.807, 2.05) is 6.07 Å². The van der Waals surface area contributed by atoms with Crippen molar-refractivity contribution in [1.29, 1.82) is 0 Å². The first kappa shape index (κ1) is 19.3. The number of benzene rings is 1. The van der Waals surface area contributed by atoms with Gasteiger partial charge in [-0.15, -0.1) is 0 Å². The van der Waals surface area contributed by atoms with Crippen molar-refractivity contribution in [2.45, 2.75) is 31.3 Å². The van der Waals surface area contributed by atoms with Crippen molar-refractivity contribution in [3.63, 3.8) is 0 Å². The lowest BCUT2D eigenvalue weighted by Gasteiger charge is -2.12. The lowest BCUT2D eigenvalue weighted by molar-refractivity contribution is -0.384. The number of carbonyl (C=O) groups excluding carboxylic acids is 1. The molecule has 11 heteroatoms. The lowest BCUT2D eigenvalue weighted by atomic mass is 10.0. The molecule has 0 bridgehead atoms. The highest BCUT2D eigenvalue weighted by Crippen LogP contribution is 2.36. The average molecular weight is 410 g/mol. The van der Waals surface area contributed by atoms with Crippen LogP contribution in [0.5, 0.6) is 5.75 Å². The number of hydrogen-bond acceptors (Lipinski definition) is 9. The fourth-order valence-corrected chi connectivity index (χ4v) is 3.33. The maximum Gasteiger partial charge on any atom is 0.514 e. The zero-order valence-corrected chi connectivity index (χ0v) is 15.7. The molecule has 154 valence electrons. The monoisotopic (exact) mass is 410 g/mol. The summed E-state index contributed by atoms with van der Waals surface area (Å²) in [7, 11) is 0. The molecule has 0 spiro atoms. The SMILES string of the molecule is O=C(Oc1ccc([N+](=O)[O-])cc1)O[C@@H]1CC[C@H](c2cc(Nc3cnccn3)n[nH]2)C1. The minimum Gasteiger partial charge on any atom is -0.431 e. The molecule has 2 atom stereocenters. The number of ether oxygens (including phenoxy) is 2. The number of nitro groups is 1. The number of aromatic amines is 1. The van der Waals surface area contributed by atoms with Gasteiger partial charge in [-0.25, -0.2) is 9.78 Å². The number of anilines is 2. The van der Waals surface area contributed by atoms with E-state index in [9.17, 15) is 14.9 Å². The van der Waals surface area contributed by atoms with Gasteiger partial charge in [0.05, 0.1) is 11.1 Å². The number of H-pyrrole nitrogens is 1. The second kappa shape index (κ2) is 8.55. The summed E-state index contributed by atoms with van der Waals surface area (Å²) in [5.74, 6) is 1.59. The zero-order chi connectivity index (χ0) is 20.9. The van der Waals surface area contributed by atoms with Crippen LogP contribution in [0.15, 0.2) is 48.9 Å². The molecule has 1 aliphatic carbocycles. The van der Waals surface area contributed by atoms with Crippen molar-refractivity contribution in [3.05, 3.63) is 64.7 Å². The lowest BCUT2D eigenvalue weighted by Crippen LogP contribution is -2.18. The van der Waals surface area contributed by atoms with E-state index >= 15 is 0 Å². The van der Waals surface area contributed by atoms with Gasteiger partial charge in [0.1, 0.15) is 17.7 Å². The van der Waals surface area contributed by atoms with E-state index in [2.05, 4.69) is 25.5 Å². The quantitative estimate of drug-likeness (QED) is 0.269. The second-order valence-electron chi connectivity index (χ2n) is 6.78. The van der Waals surface area contributed by atoms with Gasteiger partial charge in [-0.3, -0.25) is 20.2 Å². The van der Waals surface area contributed by atoms with Gasteiger partial charge in [0.15, 0.2) is 5.82 Å². The summed E-state index contributed by atoms with van der Waals surface area (Å²) < 4.78 is 10.5. The number of aromatic nitrogens is 4. The Morgan fingerprint density at radius 2 is 2.03 bits per heavy atom. The van der Waals surface area contributed by atoms with Crippen molar-refractivity contribution >= 4 is 23.5 Å². The second-order valence-corrected chi connectivity index (χ2v) is 6.78. The van der Waals surface area contributed by atoms with Crippen LogP contribution in [0.2, 0.25) is 0 Å². The molecule has 1 aliphatic rings. The molecule has 2 heterocycles. The smallest absolute Gasteiger partial charge is 0.431 e. The van der Waals surface area contributed by atoms with Gasteiger partial charge in [0.2, 0.25) is 0 Å². The molecule has 0 radical (unpaired) electrons. The molecule has 3 aromatic rings. The van der Waals surface area contributed by atoms with Crippen molar-refractivity contribution < 1.29 is 19.2 Å². The van der Waals surface area contributed by atoms with Gasteiger partial charge >= 0.3 is 6.16 Å². The van der Waals surface area contributed by atoms with Crippen LogP contribution in [0.1, 0.15) is 30.9 Å². The van der Waals surface area contributed by atoms with Gasteiger partial charge in [-0.2, -0.15) is 5.10 Å². The molecule has 0 aliphatic heterocycles. The summed E-state index contributed by atoms with van der Waals surface area (Å²) >= 11 is 0. The summed E-state index contributed by atoms with van der Waals surface area (Å²) in [4.78, 5) is 30.3. The topological polar surface area (TPSA) is 145 Å². The van der Waals surface area contributed by atoms with Crippen LogP contribution >= 0.6 is 0 Å². The van der Waals surface area contributed by atoms with Crippen LogP contribution in [0.25, 0.3) is 0 Å². The first-order valence-corrected chi connectivity index (χ1v) is 9.28. The normalized spacial score (nSPS) is 18.0. The fourth-order valence-electron chi connectivity index (χ4n) is 3.33. The van der Waals surface area contributed by atoms with E-state index in [0.29, 0.717) is 24.5 Å². The molecule has 2 aromatic heterocycles. The molecular formula is C19H18N6O5. The van der Waals surface area contributed by atoms with Gasteiger partial charge in [0, 0.05) is 42.2 Å². The Morgan fingerprint density at radius 1 is 1.20 bits per heavy atom. The third kappa shape index (κ3) is 4.69. The summed E-state index contributed by atoms with van der Waals surface area (Å²) in [5.41, 5.74) is 0.860. The third-order valence-corrected chi connectivity index (χ3v) is 4.75. The highest BCUT2D eigenvalue weighted by atomic mass is 16.7. The number of non-ortho nitro benzene ring substituents is 1. The van der Waals surface area contributed by atoms with Crippen molar-refractivity contribution in [3.8, 4) is 5.75 Å². The fraction of sp³-hybridized carbons (Fsp3) is 0.263. The summed E-state index contributed by atoms with van der Waals surface area (Å²) in [6.07, 6.45) is 5.85. The van der Waals surface area contributed by atoms with E-state index in [-0.39, 0.29) is 23.5 Å². The minimum atomic E-state index is -0.830. The Balaban J connectivity index is 1.28. The highest BCUT2D eigenvalue weighted by Gasteiger charge is 2.30. The predicted octanol–water partition coefficient (Wildman–Crippen LogP) is 3.70. The van der Waals surface area contributed by atoms with Crippen molar-refractivity contribution in [2.24, 2.45) is 0 Å². The number of nitrogens with one attached hydrogen (secondary N) is 2. The van der Waals surface area contributed by atoms with E-state index in [1.165, 1.54) is 24.3 Å². The van der Waals surface area contributed by atoms with E-state index in [0.717, 1.165) is 12.1 Å². The zero-order valence-electron chi connectivity index (χ0n) is 15.7. The van der Waals surface area contributed by atoms with Gasteiger partial charge in [-0.1, -0.05) is 0 Å². The summed E-state index contributed by atoms with van der Waals surface area (Å²) in [6.45, 7) is 0.